The lowest BCUT2D eigenvalue weighted by molar-refractivity contribution is -0.142. The Morgan fingerprint density at radius 2 is 1.79 bits per heavy atom. The Morgan fingerprint density at radius 3 is 2.43 bits per heavy atom. The van der Waals surface area contributed by atoms with Crippen LogP contribution in [0, 0.1) is 11.6 Å². The molecule has 0 saturated heterocycles. The van der Waals surface area contributed by atoms with E-state index in [2.05, 4.69) is 5.32 Å². The Kier molecular flexibility index (Phi) is 7.92. The number of benzene rings is 2. The maximum atomic E-state index is 14.1. The van der Waals surface area contributed by atoms with Crippen molar-refractivity contribution in [2.24, 2.45) is 0 Å². The summed E-state index contributed by atoms with van der Waals surface area (Å²) in [5.41, 5.74) is 0.299. The maximum Gasteiger partial charge on any atom is 0.261 e. The summed E-state index contributed by atoms with van der Waals surface area (Å²) in [6.45, 7) is 3.56. The van der Waals surface area contributed by atoms with Gasteiger partial charge in [-0.1, -0.05) is 25.1 Å². The van der Waals surface area contributed by atoms with E-state index in [0.717, 1.165) is 6.42 Å². The van der Waals surface area contributed by atoms with E-state index in [-0.39, 0.29) is 19.1 Å². The van der Waals surface area contributed by atoms with Crippen LogP contribution in [0.25, 0.3) is 0 Å². The second-order valence-corrected chi connectivity index (χ2v) is 6.32. The lowest BCUT2D eigenvalue weighted by Gasteiger charge is -2.28. The molecule has 0 heterocycles. The molecule has 0 aromatic heterocycles. The molecule has 2 aromatic carbocycles. The summed E-state index contributed by atoms with van der Waals surface area (Å²) >= 11 is 0. The fourth-order valence-corrected chi connectivity index (χ4v) is 2.55. The van der Waals surface area contributed by atoms with Crippen molar-refractivity contribution in [2.45, 2.75) is 32.9 Å². The minimum absolute atomic E-state index is 0.0704. The fourth-order valence-electron chi connectivity index (χ4n) is 2.55. The molecular weight excluding hydrogens is 366 g/mol. The van der Waals surface area contributed by atoms with Crippen LogP contribution >= 0.6 is 0 Å². The predicted octanol–water partition coefficient (Wildman–Crippen LogP) is 3.29. The Bertz CT molecular complexity index is 796. The quantitative estimate of drug-likeness (QED) is 0.715. The number of ether oxygens (including phenoxy) is 1. The second-order valence-electron chi connectivity index (χ2n) is 6.32. The molecule has 7 heteroatoms. The highest BCUT2D eigenvalue weighted by Crippen LogP contribution is 2.15. The van der Waals surface area contributed by atoms with Gasteiger partial charge in [-0.3, -0.25) is 9.59 Å². The number of nitrogens with zero attached hydrogens (tertiary/aromatic N) is 1. The molecule has 2 rings (SSSR count). The number of nitrogens with one attached hydrogen (secondary N) is 1. The summed E-state index contributed by atoms with van der Waals surface area (Å²) in [5.74, 6) is -1.36. The van der Waals surface area contributed by atoms with Crippen LogP contribution in [0.3, 0.4) is 0 Å². The SMILES string of the molecule is CCCNC(=O)C(C)N(Cc1ccccc1F)C(=O)COc1ccc(F)cc1. The first-order chi connectivity index (χ1) is 13.4. The highest BCUT2D eigenvalue weighted by Gasteiger charge is 2.27. The van der Waals surface area contributed by atoms with E-state index in [4.69, 9.17) is 4.74 Å². The van der Waals surface area contributed by atoms with Crippen LogP contribution in [-0.2, 0) is 16.1 Å². The molecule has 0 aliphatic heterocycles. The minimum Gasteiger partial charge on any atom is -0.484 e. The molecule has 1 unspecified atom stereocenters. The van der Waals surface area contributed by atoms with Gasteiger partial charge in [0.1, 0.15) is 23.4 Å². The summed E-state index contributed by atoms with van der Waals surface area (Å²) < 4.78 is 32.4. The third kappa shape index (κ3) is 6.04. The lowest BCUT2D eigenvalue weighted by atomic mass is 10.1. The number of amides is 2. The standard InChI is InChI=1S/C21H24F2N2O3/c1-3-12-24-21(27)15(2)25(13-16-6-4-5-7-19(16)23)20(26)14-28-18-10-8-17(22)9-11-18/h4-11,15H,3,12-14H2,1-2H3,(H,24,27). The fraction of sp³-hybridized carbons (Fsp3) is 0.333. The molecule has 1 atom stereocenters. The summed E-state index contributed by atoms with van der Waals surface area (Å²) in [6, 6.07) is 10.5. The molecule has 0 aliphatic rings. The van der Waals surface area contributed by atoms with Crippen molar-refractivity contribution < 1.29 is 23.1 Å². The van der Waals surface area contributed by atoms with E-state index in [9.17, 15) is 18.4 Å². The number of hydrogen-bond donors (Lipinski definition) is 1. The van der Waals surface area contributed by atoms with Gasteiger partial charge in [0.05, 0.1) is 0 Å². The Hall–Kier alpha value is -2.96. The summed E-state index contributed by atoms with van der Waals surface area (Å²) in [4.78, 5) is 26.4. The van der Waals surface area contributed by atoms with E-state index in [1.165, 1.54) is 35.2 Å². The smallest absolute Gasteiger partial charge is 0.261 e. The molecule has 0 radical (unpaired) electrons. The van der Waals surface area contributed by atoms with Crippen molar-refractivity contribution in [3.63, 3.8) is 0 Å². The molecule has 0 aliphatic carbocycles. The zero-order chi connectivity index (χ0) is 20.5. The third-order valence-corrected chi connectivity index (χ3v) is 4.19. The van der Waals surface area contributed by atoms with Crippen LogP contribution in [0.15, 0.2) is 48.5 Å². The van der Waals surface area contributed by atoms with Gasteiger partial charge in [-0.05, 0) is 43.7 Å². The molecule has 28 heavy (non-hydrogen) atoms. The molecule has 0 spiro atoms. The monoisotopic (exact) mass is 390 g/mol. The highest BCUT2D eigenvalue weighted by molar-refractivity contribution is 5.87. The molecule has 2 amide bonds. The zero-order valence-corrected chi connectivity index (χ0v) is 16.0. The average molecular weight is 390 g/mol. The average Bonchev–Trinajstić information content (AvgIpc) is 2.70. The molecule has 0 bridgehead atoms. The van der Waals surface area contributed by atoms with Crippen LogP contribution in [0.5, 0.6) is 5.75 Å². The molecule has 0 fully saturated rings. The van der Waals surface area contributed by atoms with Gasteiger partial charge in [0.25, 0.3) is 5.91 Å². The highest BCUT2D eigenvalue weighted by atomic mass is 19.1. The van der Waals surface area contributed by atoms with Crippen molar-refractivity contribution in [2.75, 3.05) is 13.2 Å². The predicted molar refractivity (Wildman–Crippen MR) is 102 cm³/mol. The second kappa shape index (κ2) is 10.4. The van der Waals surface area contributed by atoms with E-state index in [0.29, 0.717) is 17.9 Å². The molecule has 0 saturated carbocycles. The number of carbonyl (C=O) groups is 2. The lowest BCUT2D eigenvalue weighted by Crippen LogP contribution is -2.49. The molecule has 5 nitrogen and oxygen atoms in total. The first kappa shape index (κ1) is 21.3. The zero-order valence-electron chi connectivity index (χ0n) is 16.0. The number of halogens is 2. The van der Waals surface area contributed by atoms with Crippen LogP contribution in [0.1, 0.15) is 25.8 Å². The Labute approximate surface area is 163 Å². The van der Waals surface area contributed by atoms with Gasteiger partial charge in [0.2, 0.25) is 5.91 Å². The number of carbonyl (C=O) groups excluding carboxylic acids is 2. The van der Waals surface area contributed by atoms with E-state index >= 15 is 0 Å². The molecular formula is C21H24F2N2O3. The first-order valence-electron chi connectivity index (χ1n) is 9.11. The van der Waals surface area contributed by atoms with Gasteiger partial charge < -0.3 is 15.0 Å². The number of rotatable bonds is 9. The summed E-state index contributed by atoms with van der Waals surface area (Å²) in [7, 11) is 0. The van der Waals surface area contributed by atoms with Crippen molar-refractivity contribution in [3.05, 3.63) is 65.7 Å². The summed E-state index contributed by atoms with van der Waals surface area (Å²) in [6.07, 6.45) is 0.757. The van der Waals surface area contributed by atoms with Gasteiger partial charge in [0.15, 0.2) is 6.61 Å². The van der Waals surface area contributed by atoms with Crippen molar-refractivity contribution in [1.29, 1.82) is 0 Å². The first-order valence-corrected chi connectivity index (χ1v) is 9.11. The van der Waals surface area contributed by atoms with Crippen LogP contribution in [0.2, 0.25) is 0 Å². The normalized spacial score (nSPS) is 11.6. The van der Waals surface area contributed by atoms with Gasteiger partial charge in [-0.2, -0.15) is 0 Å². The molecule has 2 aromatic rings. The van der Waals surface area contributed by atoms with Crippen LogP contribution in [-0.4, -0.2) is 35.9 Å². The summed E-state index contributed by atoms with van der Waals surface area (Å²) in [5, 5.41) is 2.74. The largest absolute Gasteiger partial charge is 0.484 e. The van der Waals surface area contributed by atoms with Gasteiger partial charge in [-0.25, -0.2) is 8.78 Å². The molecule has 150 valence electrons. The van der Waals surface area contributed by atoms with Crippen molar-refractivity contribution in [1.82, 2.24) is 10.2 Å². The van der Waals surface area contributed by atoms with E-state index in [1.807, 2.05) is 6.92 Å². The van der Waals surface area contributed by atoms with E-state index in [1.54, 1.807) is 25.1 Å². The van der Waals surface area contributed by atoms with Gasteiger partial charge in [0, 0.05) is 18.7 Å². The van der Waals surface area contributed by atoms with Crippen LogP contribution < -0.4 is 10.1 Å². The maximum absolute atomic E-state index is 14.1. The van der Waals surface area contributed by atoms with Crippen molar-refractivity contribution in [3.8, 4) is 5.75 Å². The Balaban J connectivity index is 2.13. The van der Waals surface area contributed by atoms with E-state index < -0.39 is 23.6 Å². The van der Waals surface area contributed by atoms with Gasteiger partial charge >= 0.3 is 0 Å². The topological polar surface area (TPSA) is 58.6 Å². The van der Waals surface area contributed by atoms with Crippen LogP contribution in [0.4, 0.5) is 8.78 Å². The van der Waals surface area contributed by atoms with Gasteiger partial charge in [-0.15, -0.1) is 0 Å². The minimum atomic E-state index is -0.810. The number of hydrogen-bond acceptors (Lipinski definition) is 3. The molecule has 1 N–H and O–H groups in total. The van der Waals surface area contributed by atoms with Crippen molar-refractivity contribution >= 4 is 11.8 Å². The third-order valence-electron chi connectivity index (χ3n) is 4.19. The Morgan fingerprint density at radius 1 is 1.11 bits per heavy atom.